The monoisotopic (exact) mass is 460 g/mol. The number of aromatic nitrogens is 3. The maximum absolute atomic E-state index is 13.0. The van der Waals surface area contributed by atoms with Crippen molar-refractivity contribution in [2.75, 3.05) is 19.5 Å². The minimum atomic E-state index is -0.317. The Morgan fingerprint density at radius 1 is 1.06 bits per heavy atom. The number of furan rings is 1. The molecule has 2 aromatic carbocycles. The quantitative estimate of drug-likeness (QED) is 0.369. The zero-order valence-corrected chi connectivity index (χ0v) is 19.0. The lowest BCUT2D eigenvalue weighted by Gasteiger charge is -2.09. The number of rotatable bonds is 6. The lowest BCUT2D eigenvalue weighted by atomic mass is 10.2. The molecular formula is C24H20N4O4S. The third kappa shape index (κ3) is 4.06. The van der Waals surface area contributed by atoms with Gasteiger partial charge in [-0.3, -0.25) is 4.79 Å². The zero-order valence-electron chi connectivity index (χ0n) is 18.2. The number of carbonyl (C=O) groups is 1. The van der Waals surface area contributed by atoms with E-state index in [-0.39, 0.29) is 5.91 Å². The van der Waals surface area contributed by atoms with Gasteiger partial charge in [0.05, 0.1) is 19.9 Å². The number of fused-ring (bicyclic) bond motifs is 1. The summed E-state index contributed by atoms with van der Waals surface area (Å²) in [4.78, 5) is 17.7. The second-order valence-corrected chi connectivity index (χ2v) is 8.14. The Balaban J connectivity index is 1.45. The summed E-state index contributed by atoms with van der Waals surface area (Å²) in [6, 6.07) is 16.6. The molecule has 0 fully saturated rings. The molecule has 0 radical (unpaired) electrons. The second kappa shape index (κ2) is 8.44. The number of amides is 1. The first-order chi connectivity index (χ1) is 16.0. The Labute approximate surface area is 193 Å². The molecule has 0 atom stereocenters. The largest absolute Gasteiger partial charge is 0.497 e. The number of hydrogen-bond donors (Lipinski definition) is 1. The molecule has 3 aromatic heterocycles. The Morgan fingerprint density at radius 3 is 2.55 bits per heavy atom. The van der Waals surface area contributed by atoms with E-state index in [1.807, 2.05) is 42.6 Å². The van der Waals surface area contributed by atoms with Crippen LogP contribution in [0.3, 0.4) is 0 Å². The summed E-state index contributed by atoms with van der Waals surface area (Å²) in [5.74, 6) is 1.92. The number of nitrogens with one attached hydrogen (secondary N) is 1. The summed E-state index contributed by atoms with van der Waals surface area (Å²) in [7, 11) is 3.08. The summed E-state index contributed by atoms with van der Waals surface area (Å²) in [6.07, 6.45) is 0. The Kier molecular flexibility index (Phi) is 5.31. The molecule has 0 bridgehead atoms. The van der Waals surface area contributed by atoms with E-state index < -0.39 is 0 Å². The first-order valence-corrected chi connectivity index (χ1v) is 11.0. The number of nitrogens with zero attached hydrogens (tertiary/aromatic N) is 3. The number of thiazole rings is 1. The Hall–Kier alpha value is -4.11. The van der Waals surface area contributed by atoms with Crippen molar-refractivity contribution in [3.05, 3.63) is 71.2 Å². The van der Waals surface area contributed by atoms with Gasteiger partial charge in [0.15, 0.2) is 5.76 Å². The van der Waals surface area contributed by atoms with Crippen molar-refractivity contribution in [2.45, 2.75) is 6.92 Å². The molecule has 1 amide bonds. The molecule has 33 heavy (non-hydrogen) atoms. The third-order valence-electron chi connectivity index (χ3n) is 5.04. The molecule has 0 saturated carbocycles. The lowest BCUT2D eigenvalue weighted by molar-refractivity contribution is 0.102. The number of ether oxygens (including phenoxy) is 2. The summed E-state index contributed by atoms with van der Waals surface area (Å²) in [5, 5.41) is 11.0. The number of benzene rings is 2. The molecule has 166 valence electrons. The van der Waals surface area contributed by atoms with Gasteiger partial charge in [0.1, 0.15) is 28.6 Å². The number of anilines is 1. The van der Waals surface area contributed by atoms with Crippen molar-refractivity contribution in [1.29, 1.82) is 0 Å². The van der Waals surface area contributed by atoms with Crippen LogP contribution in [0.1, 0.15) is 16.1 Å². The van der Waals surface area contributed by atoms with Gasteiger partial charge in [-0.05, 0) is 31.2 Å². The highest BCUT2D eigenvalue weighted by Crippen LogP contribution is 2.31. The summed E-state index contributed by atoms with van der Waals surface area (Å²) in [5.41, 5.74) is 2.65. The molecular weight excluding hydrogens is 440 g/mol. The van der Waals surface area contributed by atoms with E-state index >= 15 is 0 Å². The van der Waals surface area contributed by atoms with Crippen molar-refractivity contribution in [3.8, 4) is 28.1 Å². The fraction of sp³-hybridized carbons (Fsp3) is 0.125. The summed E-state index contributed by atoms with van der Waals surface area (Å²) in [6.45, 7) is 1.86. The molecule has 0 aliphatic carbocycles. The van der Waals surface area contributed by atoms with Crippen molar-refractivity contribution < 1.29 is 18.7 Å². The van der Waals surface area contributed by atoms with Gasteiger partial charge in [0.2, 0.25) is 5.13 Å². The topological polar surface area (TPSA) is 91.4 Å². The average molecular weight is 461 g/mol. The van der Waals surface area contributed by atoms with E-state index in [1.54, 1.807) is 28.9 Å². The molecule has 0 spiro atoms. The number of methoxy groups -OCH3 is 2. The number of para-hydroxylation sites is 1. The SMILES string of the molecule is COc1cc(OC)cc(C(=O)Nc2cc(C)nn2-c2nc(-c3cc4ccccc4o3)cs2)c1. The number of hydrogen-bond acceptors (Lipinski definition) is 7. The molecule has 3 heterocycles. The normalized spacial score (nSPS) is 11.0. The molecule has 0 aliphatic rings. The van der Waals surface area contributed by atoms with E-state index in [4.69, 9.17) is 13.9 Å². The Bertz CT molecular complexity index is 1410. The van der Waals surface area contributed by atoms with E-state index in [1.165, 1.54) is 25.6 Å². The molecule has 9 heteroatoms. The predicted molar refractivity (Wildman–Crippen MR) is 127 cm³/mol. The molecule has 0 unspecified atom stereocenters. The van der Waals surface area contributed by atoms with E-state index in [0.717, 1.165) is 16.7 Å². The van der Waals surface area contributed by atoms with Crippen LogP contribution in [0.15, 0.2) is 64.4 Å². The summed E-state index contributed by atoms with van der Waals surface area (Å²) < 4.78 is 18.1. The van der Waals surface area contributed by atoms with Crippen LogP contribution in [-0.2, 0) is 0 Å². The van der Waals surface area contributed by atoms with Crippen molar-refractivity contribution >= 4 is 34.0 Å². The lowest BCUT2D eigenvalue weighted by Crippen LogP contribution is -2.15. The van der Waals surface area contributed by atoms with Crippen LogP contribution >= 0.6 is 11.3 Å². The van der Waals surface area contributed by atoms with Crippen LogP contribution in [-0.4, -0.2) is 34.9 Å². The molecule has 0 saturated heterocycles. The fourth-order valence-corrected chi connectivity index (χ4v) is 4.22. The number of aryl methyl sites for hydroxylation is 1. The first-order valence-electron chi connectivity index (χ1n) is 10.1. The van der Waals surface area contributed by atoms with E-state index in [2.05, 4.69) is 15.4 Å². The van der Waals surface area contributed by atoms with Crippen LogP contribution in [0.5, 0.6) is 11.5 Å². The van der Waals surface area contributed by atoms with Gasteiger partial charge in [0, 0.05) is 28.5 Å². The zero-order chi connectivity index (χ0) is 22.9. The van der Waals surface area contributed by atoms with Gasteiger partial charge in [0.25, 0.3) is 5.91 Å². The minimum absolute atomic E-state index is 0.317. The van der Waals surface area contributed by atoms with Crippen molar-refractivity contribution in [2.24, 2.45) is 0 Å². The molecule has 5 aromatic rings. The van der Waals surface area contributed by atoms with E-state index in [9.17, 15) is 4.79 Å². The van der Waals surface area contributed by atoms with Gasteiger partial charge >= 0.3 is 0 Å². The van der Waals surface area contributed by atoms with Gasteiger partial charge in [-0.1, -0.05) is 18.2 Å². The summed E-state index contributed by atoms with van der Waals surface area (Å²) >= 11 is 1.41. The van der Waals surface area contributed by atoms with Crippen LogP contribution in [0.4, 0.5) is 5.82 Å². The number of carbonyl (C=O) groups excluding carboxylic acids is 1. The van der Waals surface area contributed by atoms with Gasteiger partial charge in [-0.2, -0.15) is 9.78 Å². The first kappa shape index (κ1) is 20.8. The van der Waals surface area contributed by atoms with Crippen LogP contribution in [0.25, 0.3) is 27.6 Å². The Morgan fingerprint density at radius 2 is 1.82 bits per heavy atom. The molecule has 0 aliphatic heterocycles. The highest BCUT2D eigenvalue weighted by Gasteiger charge is 2.18. The third-order valence-corrected chi connectivity index (χ3v) is 5.85. The fourth-order valence-electron chi connectivity index (χ4n) is 3.44. The average Bonchev–Trinajstić information content (AvgIpc) is 3.56. The van der Waals surface area contributed by atoms with Crippen LogP contribution in [0, 0.1) is 6.92 Å². The smallest absolute Gasteiger partial charge is 0.257 e. The maximum atomic E-state index is 13.0. The molecule has 1 N–H and O–H groups in total. The predicted octanol–water partition coefficient (Wildman–Crippen LogP) is 5.32. The van der Waals surface area contributed by atoms with Gasteiger partial charge in [-0.15, -0.1) is 11.3 Å². The maximum Gasteiger partial charge on any atom is 0.257 e. The molecule has 5 rings (SSSR count). The van der Waals surface area contributed by atoms with Crippen molar-refractivity contribution in [1.82, 2.24) is 14.8 Å². The standard InChI is InChI=1S/C24H20N4O4S/c1-14-8-22(26-23(29)16-9-17(30-2)12-18(10-16)31-3)28(27-14)24-25-19(13-33-24)21-11-15-6-4-5-7-20(15)32-21/h4-13H,1-3H3,(H,26,29). The van der Waals surface area contributed by atoms with Gasteiger partial charge in [-0.25, -0.2) is 4.98 Å². The molecule has 8 nitrogen and oxygen atoms in total. The second-order valence-electron chi connectivity index (χ2n) is 7.30. The van der Waals surface area contributed by atoms with E-state index in [0.29, 0.717) is 39.5 Å². The highest BCUT2D eigenvalue weighted by molar-refractivity contribution is 7.12. The highest BCUT2D eigenvalue weighted by atomic mass is 32.1. The van der Waals surface area contributed by atoms with Crippen molar-refractivity contribution in [3.63, 3.8) is 0 Å². The van der Waals surface area contributed by atoms with Crippen LogP contribution < -0.4 is 14.8 Å². The van der Waals surface area contributed by atoms with Crippen LogP contribution in [0.2, 0.25) is 0 Å². The minimum Gasteiger partial charge on any atom is -0.497 e. The van der Waals surface area contributed by atoms with Gasteiger partial charge < -0.3 is 19.2 Å².